The lowest BCUT2D eigenvalue weighted by Gasteiger charge is -2.32. The summed E-state index contributed by atoms with van der Waals surface area (Å²) in [6, 6.07) is 6.65. The van der Waals surface area contributed by atoms with Crippen LogP contribution in [0.4, 0.5) is 10.3 Å². The van der Waals surface area contributed by atoms with Crippen LogP contribution in [0.5, 0.6) is 0 Å². The fourth-order valence-corrected chi connectivity index (χ4v) is 2.55. The summed E-state index contributed by atoms with van der Waals surface area (Å²) in [5.74, 6) is 0.308. The summed E-state index contributed by atoms with van der Waals surface area (Å²) in [5, 5.41) is 0. The van der Waals surface area contributed by atoms with Crippen LogP contribution in [0.25, 0.3) is 11.3 Å². The molecule has 6 heteroatoms. The molecule has 0 radical (unpaired) electrons. The topological polar surface area (TPSA) is 64.3 Å². The van der Waals surface area contributed by atoms with E-state index in [1.54, 1.807) is 24.4 Å². The van der Waals surface area contributed by atoms with Crippen molar-refractivity contribution >= 4 is 5.95 Å². The summed E-state index contributed by atoms with van der Waals surface area (Å²) in [6.07, 6.45) is 1.72. The van der Waals surface area contributed by atoms with Crippen molar-refractivity contribution in [1.29, 1.82) is 0 Å². The van der Waals surface area contributed by atoms with Gasteiger partial charge in [-0.2, -0.15) is 0 Å². The molecule has 1 atom stereocenters. The average molecular weight is 302 g/mol. The standard InChI is InChI=1S/C16H19FN4O/c1-11-9-19-16(21-6-7-22-12(8-18)10-21)20-15(11)13-4-2-3-5-14(13)17/h2-5,9,12H,6-8,10,18H2,1H3/t12-/m1/s1. The number of benzene rings is 1. The molecule has 0 spiro atoms. The number of rotatable bonds is 3. The van der Waals surface area contributed by atoms with Gasteiger partial charge in [-0.25, -0.2) is 14.4 Å². The maximum Gasteiger partial charge on any atom is 0.226 e. The van der Waals surface area contributed by atoms with E-state index in [0.29, 0.717) is 43.4 Å². The highest BCUT2D eigenvalue weighted by atomic mass is 19.1. The molecule has 3 rings (SSSR count). The van der Waals surface area contributed by atoms with Crippen LogP contribution >= 0.6 is 0 Å². The maximum absolute atomic E-state index is 14.0. The third-order valence-electron chi connectivity index (χ3n) is 3.77. The first-order valence-corrected chi connectivity index (χ1v) is 7.34. The van der Waals surface area contributed by atoms with Gasteiger partial charge in [0, 0.05) is 31.4 Å². The normalized spacial score (nSPS) is 18.5. The molecular formula is C16H19FN4O. The summed E-state index contributed by atoms with van der Waals surface area (Å²) >= 11 is 0. The lowest BCUT2D eigenvalue weighted by atomic mass is 10.1. The molecule has 0 bridgehead atoms. The number of hydrogen-bond donors (Lipinski definition) is 1. The van der Waals surface area contributed by atoms with Gasteiger partial charge in [0.05, 0.1) is 18.4 Å². The molecule has 116 valence electrons. The van der Waals surface area contributed by atoms with Crippen LogP contribution in [0.2, 0.25) is 0 Å². The number of ether oxygens (including phenoxy) is 1. The van der Waals surface area contributed by atoms with Gasteiger partial charge in [0.15, 0.2) is 0 Å². The number of hydrogen-bond acceptors (Lipinski definition) is 5. The Morgan fingerprint density at radius 2 is 2.23 bits per heavy atom. The first-order chi connectivity index (χ1) is 10.7. The van der Waals surface area contributed by atoms with Crippen molar-refractivity contribution in [2.75, 3.05) is 31.1 Å². The zero-order valence-corrected chi connectivity index (χ0v) is 12.5. The van der Waals surface area contributed by atoms with Gasteiger partial charge in [-0.3, -0.25) is 0 Å². The van der Waals surface area contributed by atoms with Gasteiger partial charge in [-0.1, -0.05) is 12.1 Å². The van der Waals surface area contributed by atoms with E-state index in [4.69, 9.17) is 10.5 Å². The van der Waals surface area contributed by atoms with Gasteiger partial charge in [-0.15, -0.1) is 0 Å². The summed E-state index contributed by atoms with van der Waals surface area (Å²) in [4.78, 5) is 11.0. The second-order valence-electron chi connectivity index (χ2n) is 5.36. The minimum absolute atomic E-state index is 0.0180. The van der Waals surface area contributed by atoms with Crippen molar-refractivity contribution in [3.05, 3.63) is 41.8 Å². The molecule has 1 aliphatic heterocycles. The molecule has 2 N–H and O–H groups in total. The van der Waals surface area contributed by atoms with Crippen LogP contribution in [-0.4, -0.2) is 42.3 Å². The maximum atomic E-state index is 14.0. The van der Waals surface area contributed by atoms with E-state index in [1.165, 1.54) is 6.07 Å². The highest BCUT2D eigenvalue weighted by Crippen LogP contribution is 2.25. The predicted octanol–water partition coefficient (Wildman–Crippen LogP) is 1.76. The largest absolute Gasteiger partial charge is 0.373 e. The quantitative estimate of drug-likeness (QED) is 0.936. The van der Waals surface area contributed by atoms with Crippen molar-refractivity contribution in [2.45, 2.75) is 13.0 Å². The smallest absolute Gasteiger partial charge is 0.226 e. The van der Waals surface area contributed by atoms with E-state index < -0.39 is 0 Å². The molecule has 5 nitrogen and oxygen atoms in total. The van der Waals surface area contributed by atoms with E-state index in [2.05, 4.69) is 9.97 Å². The Kier molecular flexibility index (Phi) is 4.31. The third kappa shape index (κ3) is 2.93. The molecular weight excluding hydrogens is 283 g/mol. The van der Waals surface area contributed by atoms with Gasteiger partial charge in [-0.05, 0) is 24.6 Å². The molecule has 1 aliphatic rings. The second-order valence-corrected chi connectivity index (χ2v) is 5.36. The van der Waals surface area contributed by atoms with Crippen LogP contribution < -0.4 is 10.6 Å². The van der Waals surface area contributed by atoms with E-state index in [-0.39, 0.29) is 11.9 Å². The lowest BCUT2D eigenvalue weighted by Crippen LogP contribution is -2.46. The predicted molar refractivity (Wildman–Crippen MR) is 83.2 cm³/mol. The molecule has 0 amide bonds. The SMILES string of the molecule is Cc1cnc(N2CCO[C@H](CN)C2)nc1-c1ccccc1F. The van der Waals surface area contributed by atoms with Crippen molar-refractivity contribution in [3.63, 3.8) is 0 Å². The Morgan fingerprint density at radius 3 is 3.00 bits per heavy atom. The second kappa shape index (κ2) is 6.37. The van der Waals surface area contributed by atoms with Crippen LogP contribution in [-0.2, 0) is 4.74 Å². The molecule has 1 fully saturated rings. The van der Waals surface area contributed by atoms with Gasteiger partial charge in [0.1, 0.15) is 5.82 Å². The van der Waals surface area contributed by atoms with E-state index in [0.717, 1.165) is 5.56 Å². The Balaban J connectivity index is 1.95. The Hall–Kier alpha value is -2.05. The number of anilines is 1. The molecule has 22 heavy (non-hydrogen) atoms. The molecule has 1 aromatic heterocycles. The Bertz CT molecular complexity index is 664. The highest BCUT2D eigenvalue weighted by Gasteiger charge is 2.22. The first-order valence-electron chi connectivity index (χ1n) is 7.34. The zero-order valence-electron chi connectivity index (χ0n) is 12.5. The van der Waals surface area contributed by atoms with Crippen LogP contribution in [0.1, 0.15) is 5.56 Å². The van der Waals surface area contributed by atoms with Crippen molar-refractivity contribution < 1.29 is 9.13 Å². The minimum Gasteiger partial charge on any atom is -0.373 e. The summed E-state index contributed by atoms with van der Waals surface area (Å²) in [6.45, 7) is 4.29. The van der Waals surface area contributed by atoms with Crippen molar-refractivity contribution in [1.82, 2.24) is 9.97 Å². The lowest BCUT2D eigenvalue weighted by molar-refractivity contribution is 0.0460. The fourth-order valence-electron chi connectivity index (χ4n) is 2.55. The molecule has 2 heterocycles. The Labute approximate surface area is 128 Å². The number of nitrogens with two attached hydrogens (primary N) is 1. The molecule has 0 saturated carbocycles. The molecule has 0 unspecified atom stereocenters. The Morgan fingerprint density at radius 1 is 1.41 bits per heavy atom. The van der Waals surface area contributed by atoms with Crippen molar-refractivity contribution in [3.8, 4) is 11.3 Å². The van der Waals surface area contributed by atoms with Gasteiger partial charge in [0.25, 0.3) is 0 Å². The van der Waals surface area contributed by atoms with Gasteiger partial charge >= 0.3 is 0 Å². The molecule has 1 aromatic carbocycles. The number of aromatic nitrogens is 2. The van der Waals surface area contributed by atoms with E-state index in [9.17, 15) is 4.39 Å². The number of halogens is 1. The average Bonchev–Trinajstić information content (AvgIpc) is 2.56. The zero-order chi connectivity index (χ0) is 15.5. The summed E-state index contributed by atoms with van der Waals surface area (Å²) in [5.41, 5.74) is 7.63. The number of morpholine rings is 1. The van der Waals surface area contributed by atoms with Crippen LogP contribution in [0.3, 0.4) is 0 Å². The highest BCUT2D eigenvalue weighted by molar-refractivity contribution is 5.64. The number of aryl methyl sites for hydroxylation is 1. The van der Waals surface area contributed by atoms with Crippen molar-refractivity contribution in [2.24, 2.45) is 5.73 Å². The van der Waals surface area contributed by atoms with Gasteiger partial charge in [0.2, 0.25) is 5.95 Å². The number of nitrogens with zero attached hydrogens (tertiary/aromatic N) is 3. The van der Waals surface area contributed by atoms with Crippen LogP contribution in [0, 0.1) is 12.7 Å². The minimum atomic E-state index is -0.280. The van der Waals surface area contributed by atoms with Gasteiger partial charge < -0.3 is 15.4 Å². The van der Waals surface area contributed by atoms with E-state index in [1.807, 2.05) is 11.8 Å². The summed E-state index contributed by atoms with van der Waals surface area (Å²) in [7, 11) is 0. The molecule has 0 aliphatic carbocycles. The summed E-state index contributed by atoms with van der Waals surface area (Å²) < 4.78 is 19.6. The monoisotopic (exact) mass is 302 g/mol. The molecule has 2 aromatic rings. The first kappa shape index (κ1) is 14.9. The fraction of sp³-hybridized carbons (Fsp3) is 0.375. The molecule has 1 saturated heterocycles. The third-order valence-corrected chi connectivity index (χ3v) is 3.77. The van der Waals surface area contributed by atoms with E-state index >= 15 is 0 Å². The van der Waals surface area contributed by atoms with Crippen LogP contribution in [0.15, 0.2) is 30.5 Å².